The van der Waals surface area contributed by atoms with Crippen molar-refractivity contribution in [3.63, 3.8) is 0 Å². The van der Waals surface area contributed by atoms with E-state index in [0.29, 0.717) is 49.4 Å². The van der Waals surface area contributed by atoms with E-state index in [-0.39, 0.29) is 12.5 Å². The van der Waals surface area contributed by atoms with Gasteiger partial charge in [-0.05, 0) is 13.8 Å². The second-order valence-corrected chi connectivity index (χ2v) is 5.75. The Balaban J connectivity index is 1.69. The van der Waals surface area contributed by atoms with Gasteiger partial charge in [0.05, 0.1) is 36.8 Å². The number of nitrogens with one attached hydrogen (secondary N) is 1. The number of hydrogen-bond donors (Lipinski definition) is 1. The highest BCUT2D eigenvalue weighted by molar-refractivity contribution is 5.95. The molecule has 2 fully saturated rings. The summed E-state index contributed by atoms with van der Waals surface area (Å²) in [5, 5.41) is 2.80. The van der Waals surface area contributed by atoms with Crippen LogP contribution in [-0.2, 0) is 14.3 Å². The number of rotatable bonds is 4. The third kappa shape index (κ3) is 3.56. The van der Waals surface area contributed by atoms with Gasteiger partial charge in [0.1, 0.15) is 13.2 Å². The molecule has 0 spiro atoms. The van der Waals surface area contributed by atoms with Gasteiger partial charge in [-0.2, -0.15) is 0 Å². The molecule has 2 aliphatic heterocycles. The summed E-state index contributed by atoms with van der Waals surface area (Å²) in [6.07, 6.45) is -0.461. The van der Waals surface area contributed by atoms with Gasteiger partial charge in [-0.3, -0.25) is 9.69 Å². The molecule has 0 aliphatic carbocycles. The molecule has 1 aromatic rings. The number of hydrogen-bond acceptors (Lipinski definition) is 7. The Hall–Kier alpha value is -2.42. The Morgan fingerprint density at radius 2 is 1.79 bits per heavy atom. The lowest BCUT2D eigenvalue weighted by molar-refractivity contribution is -0.116. The van der Waals surface area contributed by atoms with Gasteiger partial charge in [0.25, 0.3) is 0 Å². The number of cyclic esters (lactones) is 1. The van der Waals surface area contributed by atoms with Crippen molar-refractivity contribution in [1.29, 1.82) is 0 Å². The molecule has 0 aromatic carbocycles. The molecule has 0 saturated carbocycles. The van der Waals surface area contributed by atoms with Crippen LogP contribution in [-0.4, -0.2) is 72.9 Å². The Kier molecular flexibility index (Phi) is 4.79. The first-order valence-corrected chi connectivity index (χ1v) is 7.94. The van der Waals surface area contributed by atoms with Crippen LogP contribution in [0.2, 0.25) is 0 Å². The summed E-state index contributed by atoms with van der Waals surface area (Å²) < 4.78 is 10.1. The second kappa shape index (κ2) is 7.00. The molecule has 2 aliphatic rings. The van der Waals surface area contributed by atoms with E-state index in [1.807, 2.05) is 13.8 Å². The minimum Gasteiger partial charge on any atom is -0.448 e. The topological polar surface area (TPSA) is 96.9 Å². The number of ether oxygens (including phenoxy) is 2. The molecule has 0 bridgehead atoms. The smallest absolute Gasteiger partial charge is 0.410 e. The number of carbonyl (C=O) groups is 2. The van der Waals surface area contributed by atoms with Crippen molar-refractivity contribution in [3.05, 3.63) is 11.4 Å². The van der Waals surface area contributed by atoms with Crippen molar-refractivity contribution in [3.8, 4) is 0 Å². The van der Waals surface area contributed by atoms with Gasteiger partial charge in [0.2, 0.25) is 11.9 Å². The van der Waals surface area contributed by atoms with Crippen LogP contribution in [0.1, 0.15) is 11.4 Å². The van der Waals surface area contributed by atoms with Gasteiger partial charge in [-0.25, -0.2) is 14.8 Å². The molecule has 24 heavy (non-hydrogen) atoms. The monoisotopic (exact) mass is 335 g/mol. The highest BCUT2D eigenvalue weighted by Gasteiger charge is 2.25. The second-order valence-electron chi connectivity index (χ2n) is 5.75. The summed E-state index contributed by atoms with van der Waals surface area (Å²) >= 11 is 0. The molecule has 2 amide bonds. The van der Waals surface area contributed by atoms with Gasteiger partial charge in [-0.15, -0.1) is 0 Å². The van der Waals surface area contributed by atoms with Crippen LogP contribution in [0.4, 0.5) is 16.4 Å². The van der Waals surface area contributed by atoms with Crippen LogP contribution in [0.3, 0.4) is 0 Å². The number of aromatic nitrogens is 2. The van der Waals surface area contributed by atoms with Crippen molar-refractivity contribution in [2.75, 3.05) is 56.2 Å². The van der Waals surface area contributed by atoms with E-state index in [1.165, 1.54) is 4.90 Å². The Morgan fingerprint density at radius 1 is 1.12 bits per heavy atom. The highest BCUT2D eigenvalue weighted by atomic mass is 16.6. The van der Waals surface area contributed by atoms with E-state index >= 15 is 0 Å². The number of carbonyl (C=O) groups excluding carboxylic acids is 2. The fourth-order valence-corrected chi connectivity index (χ4v) is 2.71. The highest BCUT2D eigenvalue weighted by Crippen LogP contribution is 2.21. The van der Waals surface area contributed by atoms with Crippen molar-refractivity contribution in [1.82, 2.24) is 14.9 Å². The van der Waals surface area contributed by atoms with E-state index in [1.54, 1.807) is 0 Å². The summed E-state index contributed by atoms with van der Waals surface area (Å²) in [7, 11) is 0. The molecule has 0 atom stereocenters. The Labute approximate surface area is 139 Å². The average molecular weight is 335 g/mol. The van der Waals surface area contributed by atoms with Gasteiger partial charge in [0, 0.05) is 13.1 Å². The largest absolute Gasteiger partial charge is 0.448 e. The quantitative estimate of drug-likeness (QED) is 0.846. The zero-order valence-corrected chi connectivity index (χ0v) is 13.9. The molecule has 2 saturated heterocycles. The maximum Gasteiger partial charge on any atom is 0.410 e. The summed E-state index contributed by atoms with van der Waals surface area (Å²) in [5.74, 6) is 0.359. The van der Waals surface area contributed by atoms with Crippen LogP contribution >= 0.6 is 0 Å². The van der Waals surface area contributed by atoms with Crippen LogP contribution in [0.25, 0.3) is 0 Å². The van der Waals surface area contributed by atoms with Crippen LogP contribution in [0.15, 0.2) is 0 Å². The Morgan fingerprint density at radius 3 is 2.38 bits per heavy atom. The fourth-order valence-electron chi connectivity index (χ4n) is 2.71. The third-order valence-corrected chi connectivity index (χ3v) is 4.00. The van der Waals surface area contributed by atoms with Gasteiger partial charge in [0.15, 0.2) is 0 Å². The van der Waals surface area contributed by atoms with Crippen LogP contribution < -0.4 is 10.2 Å². The van der Waals surface area contributed by atoms with Crippen molar-refractivity contribution < 1.29 is 19.1 Å². The summed E-state index contributed by atoms with van der Waals surface area (Å²) in [6, 6.07) is 0. The van der Waals surface area contributed by atoms with E-state index in [0.717, 1.165) is 13.1 Å². The molecule has 9 nitrogen and oxygen atoms in total. The molecular weight excluding hydrogens is 314 g/mol. The minimum absolute atomic E-state index is 0.0388. The molecule has 0 unspecified atom stereocenters. The van der Waals surface area contributed by atoms with E-state index in [2.05, 4.69) is 20.2 Å². The van der Waals surface area contributed by atoms with Gasteiger partial charge in [-0.1, -0.05) is 0 Å². The van der Waals surface area contributed by atoms with E-state index in [4.69, 9.17) is 9.47 Å². The fraction of sp³-hybridized carbons (Fsp3) is 0.600. The predicted octanol–water partition coefficient (Wildman–Crippen LogP) is 0.321. The maximum atomic E-state index is 12.2. The maximum absolute atomic E-state index is 12.2. The van der Waals surface area contributed by atoms with Crippen molar-refractivity contribution in [2.45, 2.75) is 13.8 Å². The number of aryl methyl sites for hydroxylation is 2. The Bertz CT molecular complexity index is 622. The predicted molar refractivity (Wildman–Crippen MR) is 86.1 cm³/mol. The van der Waals surface area contributed by atoms with Gasteiger partial charge < -0.3 is 19.7 Å². The first kappa shape index (κ1) is 16.4. The molecular formula is C15H21N5O4. The van der Waals surface area contributed by atoms with E-state index < -0.39 is 6.09 Å². The van der Waals surface area contributed by atoms with Crippen LogP contribution in [0.5, 0.6) is 0 Å². The van der Waals surface area contributed by atoms with Crippen molar-refractivity contribution >= 4 is 23.6 Å². The van der Waals surface area contributed by atoms with E-state index in [9.17, 15) is 9.59 Å². The number of anilines is 2. The lowest BCUT2D eigenvalue weighted by Crippen LogP contribution is -2.38. The molecule has 3 heterocycles. The van der Waals surface area contributed by atoms with Crippen molar-refractivity contribution in [2.24, 2.45) is 0 Å². The minimum atomic E-state index is -0.461. The number of morpholine rings is 1. The average Bonchev–Trinajstić information content (AvgIpc) is 2.96. The standard InChI is InChI=1S/C15H21N5O4/c1-10-13(18-12(21)9-20-5-8-24-15(20)22)11(2)17-14(16-10)19-3-6-23-7-4-19/h3-9H2,1-2H3,(H,18,21). The molecule has 1 N–H and O–H groups in total. The normalized spacial score (nSPS) is 17.8. The molecule has 3 rings (SSSR count). The first-order valence-electron chi connectivity index (χ1n) is 7.94. The molecule has 0 radical (unpaired) electrons. The number of amides is 2. The van der Waals surface area contributed by atoms with Gasteiger partial charge >= 0.3 is 6.09 Å². The molecule has 1 aromatic heterocycles. The number of nitrogens with zero attached hydrogens (tertiary/aromatic N) is 4. The summed E-state index contributed by atoms with van der Waals surface area (Å²) in [5.41, 5.74) is 1.98. The molecule has 9 heteroatoms. The third-order valence-electron chi connectivity index (χ3n) is 4.00. The molecule has 130 valence electrons. The van der Waals surface area contributed by atoms with Crippen LogP contribution in [0, 0.1) is 13.8 Å². The summed E-state index contributed by atoms with van der Waals surface area (Å²) in [6.45, 7) is 7.19. The zero-order chi connectivity index (χ0) is 17.1. The lowest BCUT2D eigenvalue weighted by atomic mass is 10.2. The lowest BCUT2D eigenvalue weighted by Gasteiger charge is -2.27. The first-order chi connectivity index (χ1) is 11.5. The zero-order valence-electron chi connectivity index (χ0n) is 13.9. The SMILES string of the molecule is Cc1nc(N2CCOCC2)nc(C)c1NC(=O)CN1CCOC1=O. The summed E-state index contributed by atoms with van der Waals surface area (Å²) in [4.78, 5) is 36.0.